The van der Waals surface area contributed by atoms with E-state index in [1.165, 1.54) is 6.42 Å². The number of alkyl halides is 3. The van der Waals surface area contributed by atoms with Crippen molar-refractivity contribution in [3.8, 4) is 17.2 Å². The van der Waals surface area contributed by atoms with Crippen LogP contribution in [0.25, 0.3) is 5.69 Å². The van der Waals surface area contributed by atoms with Gasteiger partial charge in [-0.3, -0.25) is 4.98 Å². The summed E-state index contributed by atoms with van der Waals surface area (Å²) in [6, 6.07) is 12.0. The quantitative estimate of drug-likeness (QED) is 0.550. The highest BCUT2D eigenvalue weighted by atomic mass is 19.4. The number of carbonyl (C=O) groups is 1. The van der Waals surface area contributed by atoms with Gasteiger partial charge in [-0.25, -0.2) is 9.48 Å². The lowest BCUT2D eigenvalue weighted by Crippen LogP contribution is -2.40. The molecule has 2 N–H and O–H groups in total. The number of carboxylic acids is 1. The molecule has 1 fully saturated rings. The fourth-order valence-corrected chi connectivity index (χ4v) is 3.87. The summed E-state index contributed by atoms with van der Waals surface area (Å²) in [4.78, 5) is 13.0. The Morgan fingerprint density at radius 2 is 1.71 bits per heavy atom. The minimum Gasteiger partial charge on any atom is -0.475 e. The number of rotatable bonds is 4. The molecule has 1 spiro atoms. The maximum atomic E-state index is 10.6. The lowest BCUT2D eigenvalue weighted by molar-refractivity contribution is -0.192. The van der Waals surface area contributed by atoms with Gasteiger partial charge in [0.05, 0.1) is 17.9 Å². The van der Waals surface area contributed by atoms with Crippen LogP contribution in [0.2, 0.25) is 0 Å². The van der Waals surface area contributed by atoms with Crippen molar-refractivity contribution in [3.63, 3.8) is 0 Å². The Morgan fingerprint density at radius 3 is 2.38 bits per heavy atom. The molecule has 3 aromatic rings. The van der Waals surface area contributed by atoms with E-state index in [2.05, 4.69) is 15.4 Å². The summed E-state index contributed by atoms with van der Waals surface area (Å²) in [5.41, 5.74) is 3.08. The van der Waals surface area contributed by atoms with E-state index >= 15 is 0 Å². The van der Waals surface area contributed by atoms with E-state index in [-0.39, 0.29) is 0 Å². The highest BCUT2D eigenvalue weighted by Gasteiger charge is 2.42. The molecule has 0 radical (unpaired) electrons. The van der Waals surface area contributed by atoms with E-state index in [9.17, 15) is 13.2 Å². The summed E-state index contributed by atoms with van der Waals surface area (Å²) in [7, 11) is 0. The zero-order chi connectivity index (χ0) is 24.2. The first-order chi connectivity index (χ1) is 16.3. The summed E-state index contributed by atoms with van der Waals surface area (Å²) in [5.74, 6) is -1.50. The second kappa shape index (κ2) is 9.62. The van der Waals surface area contributed by atoms with Gasteiger partial charge >= 0.3 is 12.1 Å². The van der Waals surface area contributed by atoms with Crippen LogP contribution in [0.4, 0.5) is 18.9 Å². The first kappa shape index (κ1) is 23.4. The number of pyridine rings is 1. The smallest absolute Gasteiger partial charge is 0.475 e. The normalized spacial score (nSPS) is 16.0. The van der Waals surface area contributed by atoms with Gasteiger partial charge in [0.15, 0.2) is 11.5 Å². The number of hydrogen-bond donors (Lipinski definition) is 2. The zero-order valence-electron chi connectivity index (χ0n) is 18.1. The molecule has 34 heavy (non-hydrogen) atoms. The van der Waals surface area contributed by atoms with Crippen LogP contribution < -0.4 is 14.8 Å². The molecule has 1 aromatic carbocycles. The van der Waals surface area contributed by atoms with Crippen molar-refractivity contribution in [1.82, 2.24) is 14.8 Å². The Hall–Kier alpha value is -3.76. The molecule has 180 valence electrons. The van der Waals surface area contributed by atoms with Crippen LogP contribution in [-0.2, 0) is 11.3 Å². The van der Waals surface area contributed by atoms with Crippen LogP contribution in [0.3, 0.4) is 0 Å². The first-order valence-corrected chi connectivity index (χ1v) is 10.8. The van der Waals surface area contributed by atoms with Crippen LogP contribution in [0.1, 0.15) is 37.8 Å². The van der Waals surface area contributed by atoms with Crippen molar-refractivity contribution >= 4 is 11.7 Å². The minimum absolute atomic E-state index is 0.431. The molecule has 0 atom stereocenters. The molecular weight excluding hydrogens is 453 g/mol. The summed E-state index contributed by atoms with van der Waals surface area (Å²) >= 11 is 0. The number of ether oxygens (including phenoxy) is 2. The molecule has 0 unspecified atom stereocenters. The predicted molar refractivity (Wildman–Crippen MR) is 116 cm³/mol. The maximum absolute atomic E-state index is 10.6. The molecule has 1 aliphatic heterocycles. The van der Waals surface area contributed by atoms with Crippen molar-refractivity contribution in [2.24, 2.45) is 0 Å². The van der Waals surface area contributed by atoms with Gasteiger partial charge in [0.2, 0.25) is 0 Å². The predicted octanol–water partition coefficient (Wildman–Crippen LogP) is 4.94. The summed E-state index contributed by atoms with van der Waals surface area (Å²) in [6.07, 6.45) is 5.80. The third-order valence-corrected chi connectivity index (χ3v) is 5.50. The van der Waals surface area contributed by atoms with Crippen LogP contribution in [0, 0.1) is 0 Å². The number of nitrogens with zero attached hydrogens (tertiary/aromatic N) is 3. The number of benzene rings is 1. The second-order valence-corrected chi connectivity index (χ2v) is 7.93. The lowest BCUT2D eigenvalue weighted by Gasteiger charge is -2.31. The highest BCUT2D eigenvalue weighted by molar-refractivity contribution is 5.73. The fraction of sp³-hybridized carbons (Fsp3) is 0.348. The lowest BCUT2D eigenvalue weighted by atomic mass is 9.94. The first-order valence-electron chi connectivity index (χ1n) is 10.8. The monoisotopic (exact) mass is 476 g/mol. The summed E-state index contributed by atoms with van der Waals surface area (Å²) in [5, 5.41) is 15.0. The molecular formula is C23H23F3N4O4. The van der Waals surface area contributed by atoms with Crippen molar-refractivity contribution in [1.29, 1.82) is 0 Å². The molecule has 5 rings (SSSR count). The Labute approximate surface area is 193 Å². The zero-order valence-corrected chi connectivity index (χ0v) is 18.1. The number of aromatic nitrogens is 3. The number of anilines is 1. The topological polar surface area (TPSA) is 98.5 Å². The molecule has 3 heterocycles. The molecule has 0 saturated heterocycles. The molecule has 2 aromatic heterocycles. The van der Waals surface area contributed by atoms with E-state index in [1.807, 2.05) is 47.3 Å². The highest BCUT2D eigenvalue weighted by Crippen LogP contribution is 2.46. The van der Waals surface area contributed by atoms with Gasteiger partial charge in [-0.2, -0.15) is 18.3 Å². The van der Waals surface area contributed by atoms with Crippen molar-refractivity contribution in [2.75, 3.05) is 5.32 Å². The third kappa shape index (κ3) is 5.41. The largest absolute Gasteiger partial charge is 0.490 e. The Balaban J connectivity index is 0.000000344. The van der Waals surface area contributed by atoms with Gasteiger partial charge in [-0.1, -0.05) is 6.42 Å². The Kier molecular flexibility index (Phi) is 6.62. The number of nitrogens with one attached hydrogen (secondary N) is 1. The summed E-state index contributed by atoms with van der Waals surface area (Å²) in [6.45, 7) is 0.660. The van der Waals surface area contributed by atoms with Gasteiger partial charge in [-0.05, 0) is 43.2 Å². The van der Waals surface area contributed by atoms with Crippen molar-refractivity contribution in [2.45, 2.75) is 50.6 Å². The standard InChI is InChI=1S/C21H22N4O2.C2HF3O2/c1-2-9-21(10-3-1)26-19-5-4-16(14-20(19)27-21)23-15-18-8-13-24-25(18)17-6-11-22-12-7-17;3-2(4,5)1(6)7/h4-8,11-14,23H,1-3,9-10,15H2;(H,6,7). The van der Waals surface area contributed by atoms with Gasteiger partial charge in [0.1, 0.15) is 0 Å². The van der Waals surface area contributed by atoms with E-state index in [4.69, 9.17) is 19.4 Å². The van der Waals surface area contributed by atoms with E-state index in [1.54, 1.807) is 12.4 Å². The van der Waals surface area contributed by atoms with Gasteiger partial charge in [0, 0.05) is 43.2 Å². The third-order valence-electron chi connectivity index (χ3n) is 5.50. The van der Waals surface area contributed by atoms with Gasteiger partial charge in [0.25, 0.3) is 5.79 Å². The molecule has 1 saturated carbocycles. The molecule has 0 bridgehead atoms. The molecule has 11 heteroatoms. The minimum atomic E-state index is -5.08. The maximum Gasteiger partial charge on any atom is 0.490 e. The molecule has 8 nitrogen and oxygen atoms in total. The van der Waals surface area contributed by atoms with E-state index in [0.717, 1.165) is 54.3 Å². The van der Waals surface area contributed by atoms with Crippen molar-refractivity contribution in [3.05, 3.63) is 60.7 Å². The van der Waals surface area contributed by atoms with Gasteiger partial charge in [-0.15, -0.1) is 0 Å². The molecule has 1 aliphatic carbocycles. The Morgan fingerprint density at radius 1 is 1.03 bits per heavy atom. The van der Waals surface area contributed by atoms with Crippen LogP contribution in [0.15, 0.2) is 55.0 Å². The SMILES string of the molecule is O=C(O)C(F)(F)F.c1cc(-n2nccc2CNc2ccc3c(c2)OC2(CCCCC2)O3)ccn1. The number of carboxylic acid groups (broad SMARTS) is 1. The molecule has 0 amide bonds. The second-order valence-electron chi connectivity index (χ2n) is 7.93. The number of halogens is 3. The number of fused-ring (bicyclic) bond motifs is 1. The van der Waals surface area contributed by atoms with Crippen molar-refractivity contribution < 1.29 is 32.5 Å². The molecule has 2 aliphatic rings. The van der Waals surface area contributed by atoms with Crippen LogP contribution in [0.5, 0.6) is 11.5 Å². The van der Waals surface area contributed by atoms with E-state index in [0.29, 0.717) is 6.54 Å². The summed E-state index contributed by atoms with van der Waals surface area (Å²) < 4.78 is 46.0. The Bertz CT molecular complexity index is 1130. The average Bonchev–Trinajstić information content (AvgIpc) is 3.42. The van der Waals surface area contributed by atoms with Gasteiger partial charge < -0.3 is 19.9 Å². The van der Waals surface area contributed by atoms with E-state index < -0.39 is 17.9 Å². The number of aliphatic carboxylic acids is 1. The van der Waals surface area contributed by atoms with Crippen LogP contribution >= 0.6 is 0 Å². The van der Waals surface area contributed by atoms with Crippen LogP contribution in [-0.4, -0.2) is 37.8 Å². The fourth-order valence-electron chi connectivity index (χ4n) is 3.87. The number of hydrogen-bond acceptors (Lipinski definition) is 6. The average molecular weight is 476 g/mol.